The topological polar surface area (TPSA) is 74.7 Å². The summed E-state index contributed by atoms with van der Waals surface area (Å²) in [4.78, 5) is 10.9. The fourth-order valence-electron chi connectivity index (χ4n) is 1.92. The van der Waals surface area contributed by atoms with Crippen LogP contribution >= 0.6 is 15.9 Å². The van der Waals surface area contributed by atoms with Gasteiger partial charge in [-0.3, -0.25) is 0 Å². The normalized spacial score (nSPS) is 14.9. The minimum atomic E-state index is -3.74. The molecule has 1 aromatic rings. The molecule has 1 aliphatic carbocycles. The first-order valence-corrected chi connectivity index (χ1v) is 8.56. The fraction of sp³-hybridized carbons (Fsp3) is 0.357. The second kappa shape index (κ2) is 6.18. The van der Waals surface area contributed by atoms with Crippen LogP contribution in [-0.2, 0) is 10.0 Å². The van der Waals surface area contributed by atoms with Gasteiger partial charge < -0.3 is 5.11 Å². The molecule has 1 aromatic carbocycles. The molecular weight excluding hydrogens is 358 g/mol. The van der Waals surface area contributed by atoms with E-state index in [4.69, 9.17) is 11.5 Å². The molecule has 0 radical (unpaired) electrons. The number of sulfonamides is 1. The van der Waals surface area contributed by atoms with Gasteiger partial charge in [0.1, 0.15) is 0 Å². The first-order valence-electron chi connectivity index (χ1n) is 6.32. The number of hydrogen-bond acceptors (Lipinski definition) is 3. The first-order chi connectivity index (χ1) is 9.86. The van der Waals surface area contributed by atoms with Crippen LogP contribution in [0.5, 0.6) is 0 Å². The van der Waals surface area contributed by atoms with Crippen molar-refractivity contribution in [3.05, 3.63) is 28.2 Å². The number of hydrogen-bond donors (Lipinski definition) is 1. The molecule has 0 heterocycles. The highest BCUT2D eigenvalue weighted by molar-refractivity contribution is 9.10. The van der Waals surface area contributed by atoms with Gasteiger partial charge in [0.2, 0.25) is 10.0 Å². The minimum Gasteiger partial charge on any atom is -0.478 e. The molecule has 1 N–H and O–H groups in total. The molecule has 1 fully saturated rings. The van der Waals surface area contributed by atoms with Gasteiger partial charge in [-0.25, -0.2) is 13.2 Å². The minimum absolute atomic E-state index is 0.00591. The van der Waals surface area contributed by atoms with Gasteiger partial charge in [0.15, 0.2) is 0 Å². The Bertz CT molecular complexity index is 704. The summed E-state index contributed by atoms with van der Waals surface area (Å²) in [5, 5.41) is 8.92. The van der Waals surface area contributed by atoms with Gasteiger partial charge in [0.25, 0.3) is 0 Å². The molecule has 0 unspecified atom stereocenters. The lowest BCUT2D eigenvalue weighted by Gasteiger charge is -2.20. The van der Waals surface area contributed by atoms with E-state index in [0.717, 1.165) is 12.8 Å². The standard InChI is InChI=1S/C14H14BrNO4S/c1-2-7-16(9-10-3-4-10)21(19,20)13-6-5-11(14(17)18)8-12(13)15/h1,5-6,8,10H,3-4,7,9H2,(H,17,18). The summed E-state index contributed by atoms with van der Waals surface area (Å²) in [6.45, 7) is 0.408. The maximum Gasteiger partial charge on any atom is 0.335 e. The Morgan fingerprint density at radius 1 is 1.48 bits per heavy atom. The number of rotatable bonds is 6. The molecule has 112 valence electrons. The summed E-state index contributed by atoms with van der Waals surface area (Å²) in [7, 11) is -3.74. The van der Waals surface area contributed by atoms with Crippen LogP contribution in [0.4, 0.5) is 0 Å². The third kappa shape index (κ3) is 3.64. The highest BCUT2D eigenvalue weighted by Crippen LogP contribution is 2.33. The number of carbonyl (C=O) groups is 1. The van der Waals surface area contributed by atoms with Crippen molar-refractivity contribution in [1.82, 2.24) is 4.31 Å². The quantitative estimate of drug-likeness (QED) is 0.777. The predicted octanol–water partition coefficient (Wildman–Crippen LogP) is 2.18. The molecule has 0 saturated heterocycles. The smallest absolute Gasteiger partial charge is 0.335 e. The molecule has 0 spiro atoms. The number of benzene rings is 1. The highest BCUT2D eigenvalue weighted by Gasteiger charge is 2.32. The van der Waals surface area contributed by atoms with Crippen molar-refractivity contribution in [1.29, 1.82) is 0 Å². The van der Waals surface area contributed by atoms with E-state index in [1.165, 1.54) is 22.5 Å². The monoisotopic (exact) mass is 371 g/mol. The number of nitrogens with zero attached hydrogens (tertiary/aromatic N) is 1. The van der Waals surface area contributed by atoms with Crippen LogP contribution in [0.1, 0.15) is 23.2 Å². The average Bonchev–Trinajstić information content (AvgIpc) is 3.21. The van der Waals surface area contributed by atoms with Gasteiger partial charge in [-0.05, 0) is 52.9 Å². The van der Waals surface area contributed by atoms with Crippen molar-refractivity contribution >= 4 is 31.9 Å². The summed E-state index contributed by atoms with van der Waals surface area (Å²) in [6, 6.07) is 3.84. The third-order valence-electron chi connectivity index (χ3n) is 3.22. The van der Waals surface area contributed by atoms with Gasteiger partial charge in [-0.15, -0.1) is 6.42 Å². The van der Waals surface area contributed by atoms with Crippen molar-refractivity contribution in [3.63, 3.8) is 0 Å². The van der Waals surface area contributed by atoms with Crippen molar-refractivity contribution in [2.75, 3.05) is 13.1 Å². The third-order valence-corrected chi connectivity index (χ3v) is 6.01. The SMILES string of the molecule is C#CCN(CC1CC1)S(=O)(=O)c1ccc(C(=O)O)cc1Br. The Morgan fingerprint density at radius 2 is 2.14 bits per heavy atom. The van der Waals surface area contributed by atoms with E-state index >= 15 is 0 Å². The van der Waals surface area contributed by atoms with E-state index in [2.05, 4.69) is 21.9 Å². The fourth-order valence-corrected chi connectivity index (χ4v) is 4.39. The van der Waals surface area contributed by atoms with E-state index in [-0.39, 0.29) is 21.5 Å². The number of aromatic carboxylic acids is 1. The lowest BCUT2D eigenvalue weighted by Crippen LogP contribution is -2.33. The van der Waals surface area contributed by atoms with Gasteiger partial charge >= 0.3 is 5.97 Å². The number of carboxylic acid groups (broad SMARTS) is 1. The largest absolute Gasteiger partial charge is 0.478 e. The Labute approximate surface area is 132 Å². The lowest BCUT2D eigenvalue weighted by molar-refractivity contribution is 0.0696. The average molecular weight is 372 g/mol. The lowest BCUT2D eigenvalue weighted by atomic mass is 10.2. The molecule has 0 amide bonds. The second-order valence-corrected chi connectivity index (χ2v) is 7.66. The Hall–Kier alpha value is -1.36. The van der Waals surface area contributed by atoms with Gasteiger partial charge in [-0.1, -0.05) is 5.92 Å². The van der Waals surface area contributed by atoms with E-state index < -0.39 is 16.0 Å². The molecular formula is C14H14BrNO4S. The Balaban J connectivity index is 2.37. The molecule has 7 heteroatoms. The van der Waals surface area contributed by atoms with Crippen LogP contribution in [0.15, 0.2) is 27.6 Å². The highest BCUT2D eigenvalue weighted by atomic mass is 79.9. The summed E-state index contributed by atoms with van der Waals surface area (Å²) < 4.78 is 26.8. The summed E-state index contributed by atoms with van der Waals surface area (Å²) >= 11 is 3.13. The molecule has 5 nitrogen and oxygen atoms in total. The van der Waals surface area contributed by atoms with E-state index in [1.54, 1.807) is 0 Å². The van der Waals surface area contributed by atoms with Gasteiger partial charge in [0.05, 0.1) is 17.0 Å². The van der Waals surface area contributed by atoms with Crippen LogP contribution in [0.2, 0.25) is 0 Å². The molecule has 21 heavy (non-hydrogen) atoms. The zero-order valence-corrected chi connectivity index (χ0v) is 13.5. The van der Waals surface area contributed by atoms with Crippen molar-refractivity contribution in [2.24, 2.45) is 5.92 Å². The number of terminal acetylenes is 1. The van der Waals surface area contributed by atoms with Crippen LogP contribution in [0.3, 0.4) is 0 Å². The first kappa shape index (κ1) is 16.0. The number of halogens is 1. The molecule has 0 aliphatic heterocycles. The molecule has 0 atom stereocenters. The molecule has 2 rings (SSSR count). The summed E-state index contributed by atoms with van der Waals surface area (Å²) in [5.74, 6) is 1.62. The van der Waals surface area contributed by atoms with Crippen LogP contribution in [0.25, 0.3) is 0 Å². The zero-order chi connectivity index (χ0) is 15.6. The van der Waals surface area contributed by atoms with E-state index in [1.807, 2.05) is 0 Å². The maximum absolute atomic E-state index is 12.6. The molecule has 0 bridgehead atoms. The van der Waals surface area contributed by atoms with Gasteiger partial charge in [-0.2, -0.15) is 4.31 Å². The van der Waals surface area contributed by atoms with Crippen molar-refractivity contribution in [3.8, 4) is 12.3 Å². The maximum atomic E-state index is 12.6. The Kier molecular flexibility index (Phi) is 4.71. The Morgan fingerprint density at radius 3 is 2.62 bits per heavy atom. The van der Waals surface area contributed by atoms with Crippen molar-refractivity contribution in [2.45, 2.75) is 17.7 Å². The van der Waals surface area contributed by atoms with Crippen LogP contribution < -0.4 is 0 Å². The van der Waals surface area contributed by atoms with Crippen LogP contribution in [0, 0.1) is 18.3 Å². The number of carboxylic acids is 1. The molecule has 0 aromatic heterocycles. The van der Waals surface area contributed by atoms with E-state index in [0.29, 0.717) is 12.5 Å². The summed E-state index contributed by atoms with van der Waals surface area (Å²) in [5.41, 5.74) is 0.0199. The van der Waals surface area contributed by atoms with Crippen molar-refractivity contribution < 1.29 is 18.3 Å². The van der Waals surface area contributed by atoms with E-state index in [9.17, 15) is 13.2 Å². The predicted molar refractivity (Wildman–Crippen MR) is 81.4 cm³/mol. The second-order valence-electron chi connectivity index (χ2n) is 4.90. The molecule has 1 aliphatic rings. The summed E-state index contributed by atoms with van der Waals surface area (Å²) in [6.07, 6.45) is 7.28. The van der Waals surface area contributed by atoms with Gasteiger partial charge in [0, 0.05) is 11.0 Å². The molecule has 1 saturated carbocycles. The van der Waals surface area contributed by atoms with Crippen LogP contribution in [-0.4, -0.2) is 36.9 Å². The zero-order valence-electron chi connectivity index (χ0n) is 11.1.